The van der Waals surface area contributed by atoms with Crippen LogP contribution in [0.4, 0.5) is 0 Å². The summed E-state index contributed by atoms with van der Waals surface area (Å²) in [7, 11) is 1.72. The summed E-state index contributed by atoms with van der Waals surface area (Å²) in [4.78, 5) is 24.2. The lowest BCUT2D eigenvalue weighted by Gasteiger charge is -2.17. The highest BCUT2D eigenvalue weighted by molar-refractivity contribution is 5.85. The zero-order valence-electron chi connectivity index (χ0n) is 10.6. The second-order valence-corrected chi connectivity index (χ2v) is 4.03. The average molecular weight is 249 g/mol. The van der Waals surface area contributed by atoms with Gasteiger partial charge < -0.3 is 16.0 Å². The van der Waals surface area contributed by atoms with Crippen molar-refractivity contribution in [2.75, 3.05) is 26.7 Å². The molecule has 0 heterocycles. The van der Waals surface area contributed by atoms with Crippen LogP contribution in [0.25, 0.3) is 0 Å². The van der Waals surface area contributed by atoms with E-state index in [-0.39, 0.29) is 24.9 Å². The molecular formula is C13H19N3O2. The van der Waals surface area contributed by atoms with Crippen molar-refractivity contribution in [3.63, 3.8) is 0 Å². The fourth-order valence-corrected chi connectivity index (χ4v) is 1.45. The van der Waals surface area contributed by atoms with Crippen LogP contribution < -0.4 is 11.1 Å². The summed E-state index contributed by atoms with van der Waals surface area (Å²) in [5.74, 6) is -0.437. The Balaban J connectivity index is 2.30. The van der Waals surface area contributed by atoms with Crippen molar-refractivity contribution >= 4 is 11.8 Å². The SMILES string of the molecule is CN(CCc1ccccc1)C(=O)CNC(=O)CN. The molecule has 0 saturated carbocycles. The second kappa shape index (κ2) is 7.45. The third kappa shape index (κ3) is 4.97. The van der Waals surface area contributed by atoms with Crippen LogP contribution in [0.1, 0.15) is 5.56 Å². The number of hydrogen-bond acceptors (Lipinski definition) is 3. The lowest BCUT2D eigenvalue weighted by atomic mass is 10.1. The quantitative estimate of drug-likeness (QED) is 0.731. The van der Waals surface area contributed by atoms with E-state index in [4.69, 9.17) is 5.73 Å². The van der Waals surface area contributed by atoms with E-state index in [1.165, 1.54) is 5.56 Å². The number of likely N-dealkylation sites (N-methyl/N-ethyl adjacent to an activating group) is 1. The first-order chi connectivity index (χ1) is 8.63. The Morgan fingerprint density at radius 1 is 1.28 bits per heavy atom. The number of carbonyl (C=O) groups is 2. The number of nitrogens with zero attached hydrogens (tertiary/aromatic N) is 1. The molecule has 0 atom stereocenters. The first-order valence-corrected chi connectivity index (χ1v) is 5.88. The van der Waals surface area contributed by atoms with Crippen molar-refractivity contribution in [2.45, 2.75) is 6.42 Å². The molecule has 18 heavy (non-hydrogen) atoms. The molecule has 0 aliphatic carbocycles. The van der Waals surface area contributed by atoms with Crippen molar-refractivity contribution in [3.05, 3.63) is 35.9 Å². The topological polar surface area (TPSA) is 75.4 Å². The van der Waals surface area contributed by atoms with E-state index >= 15 is 0 Å². The maximum Gasteiger partial charge on any atom is 0.241 e. The number of benzene rings is 1. The lowest BCUT2D eigenvalue weighted by molar-refractivity contribution is -0.131. The van der Waals surface area contributed by atoms with Crippen LogP contribution in [0.3, 0.4) is 0 Å². The standard InChI is InChI=1S/C13H19N3O2/c1-16(13(18)10-15-12(17)9-14)8-7-11-5-3-2-4-6-11/h2-6H,7-10,14H2,1H3,(H,15,17). The number of carbonyl (C=O) groups excluding carboxylic acids is 2. The number of nitrogens with one attached hydrogen (secondary N) is 1. The van der Waals surface area contributed by atoms with Gasteiger partial charge in [-0.05, 0) is 12.0 Å². The first-order valence-electron chi connectivity index (χ1n) is 5.88. The first kappa shape index (κ1) is 14.2. The van der Waals surface area contributed by atoms with Gasteiger partial charge in [0.05, 0.1) is 13.1 Å². The van der Waals surface area contributed by atoms with E-state index in [9.17, 15) is 9.59 Å². The van der Waals surface area contributed by atoms with Crippen LogP contribution in [0.5, 0.6) is 0 Å². The molecule has 5 heteroatoms. The Bertz CT molecular complexity index is 392. The largest absolute Gasteiger partial charge is 0.346 e. The third-order valence-corrected chi connectivity index (χ3v) is 2.63. The normalized spacial score (nSPS) is 9.89. The minimum absolute atomic E-state index is 0.00131. The molecule has 1 aromatic rings. The van der Waals surface area contributed by atoms with Gasteiger partial charge in [-0.25, -0.2) is 0 Å². The maximum absolute atomic E-state index is 11.7. The maximum atomic E-state index is 11.7. The Morgan fingerprint density at radius 2 is 1.94 bits per heavy atom. The van der Waals surface area contributed by atoms with Gasteiger partial charge in [0.25, 0.3) is 0 Å². The summed E-state index contributed by atoms with van der Waals surface area (Å²) >= 11 is 0. The summed E-state index contributed by atoms with van der Waals surface area (Å²) in [5, 5.41) is 2.46. The van der Waals surface area contributed by atoms with Crippen molar-refractivity contribution in [1.29, 1.82) is 0 Å². The Labute approximate surface area is 107 Å². The van der Waals surface area contributed by atoms with Gasteiger partial charge in [-0.3, -0.25) is 9.59 Å². The van der Waals surface area contributed by atoms with Crippen molar-refractivity contribution in [3.8, 4) is 0 Å². The minimum atomic E-state index is -0.320. The molecule has 0 aromatic heterocycles. The summed E-state index contributed by atoms with van der Waals surface area (Å²) in [6.07, 6.45) is 0.800. The zero-order chi connectivity index (χ0) is 13.4. The highest BCUT2D eigenvalue weighted by Crippen LogP contribution is 2.00. The molecule has 0 fully saturated rings. The Morgan fingerprint density at radius 3 is 2.56 bits per heavy atom. The molecule has 0 aliphatic heterocycles. The molecule has 0 aliphatic rings. The van der Waals surface area contributed by atoms with Crippen LogP contribution in [0.2, 0.25) is 0 Å². The van der Waals surface area contributed by atoms with Crippen LogP contribution in [0.15, 0.2) is 30.3 Å². The van der Waals surface area contributed by atoms with E-state index in [1.807, 2.05) is 30.3 Å². The van der Waals surface area contributed by atoms with E-state index in [2.05, 4.69) is 5.32 Å². The van der Waals surface area contributed by atoms with Gasteiger partial charge in [0.1, 0.15) is 0 Å². The molecule has 2 amide bonds. The van der Waals surface area contributed by atoms with Crippen molar-refractivity contribution in [2.24, 2.45) is 5.73 Å². The van der Waals surface area contributed by atoms with Crippen molar-refractivity contribution in [1.82, 2.24) is 10.2 Å². The van der Waals surface area contributed by atoms with E-state index in [1.54, 1.807) is 11.9 Å². The summed E-state index contributed by atoms with van der Waals surface area (Å²) in [5.41, 5.74) is 6.32. The van der Waals surface area contributed by atoms with Crippen LogP contribution >= 0.6 is 0 Å². The predicted molar refractivity (Wildman–Crippen MR) is 69.8 cm³/mol. The highest BCUT2D eigenvalue weighted by atomic mass is 16.2. The smallest absolute Gasteiger partial charge is 0.241 e. The fraction of sp³-hybridized carbons (Fsp3) is 0.385. The molecular weight excluding hydrogens is 230 g/mol. The predicted octanol–water partition coefficient (Wildman–Crippen LogP) is -0.238. The van der Waals surface area contributed by atoms with E-state index in [0.717, 1.165) is 6.42 Å². The molecule has 0 spiro atoms. The van der Waals surface area contributed by atoms with Crippen LogP contribution in [-0.2, 0) is 16.0 Å². The molecule has 0 saturated heterocycles. The summed E-state index contributed by atoms with van der Waals surface area (Å²) in [6, 6.07) is 9.95. The second-order valence-electron chi connectivity index (χ2n) is 4.03. The fourth-order valence-electron chi connectivity index (χ4n) is 1.45. The van der Waals surface area contributed by atoms with E-state index < -0.39 is 0 Å². The lowest BCUT2D eigenvalue weighted by Crippen LogP contribution is -2.40. The monoisotopic (exact) mass is 249 g/mol. The number of amides is 2. The Kier molecular flexibility index (Phi) is 5.87. The molecule has 5 nitrogen and oxygen atoms in total. The van der Waals surface area contributed by atoms with Gasteiger partial charge in [-0.1, -0.05) is 30.3 Å². The van der Waals surface area contributed by atoms with Crippen molar-refractivity contribution < 1.29 is 9.59 Å². The van der Waals surface area contributed by atoms with Crippen LogP contribution in [0, 0.1) is 0 Å². The van der Waals surface area contributed by atoms with Gasteiger partial charge >= 0.3 is 0 Å². The summed E-state index contributed by atoms with van der Waals surface area (Å²) in [6.45, 7) is 0.531. The minimum Gasteiger partial charge on any atom is -0.346 e. The highest BCUT2D eigenvalue weighted by Gasteiger charge is 2.09. The Hall–Kier alpha value is -1.88. The zero-order valence-corrected chi connectivity index (χ0v) is 10.6. The van der Waals surface area contributed by atoms with Gasteiger partial charge in [0, 0.05) is 13.6 Å². The molecule has 98 valence electrons. The number of rotatable bonds is 6. The van der Waals surface area contributed by atoms with Gasteiger partial charge in [-0.2, -0.15) is 0 Å². The van der Waals surface area contributed by atoms with Gasteiger partial charge in [0.15, 0.2) is 0 Å². The van der Waals surface area contributed by atoms with Gasteiger partial charge in [-0.15, -0.1) is 0 Å². The number of hydrogen-bond donors (Lipinski definition) is 2. The summed E-state index contributed by atoms with van der Waals surface area (Å²) < 4.78 is 0. The molecule has 0 unspecified atom stereocenters. The third-order valence-electron chi connectivity index (χ3n) is 2.63. The molecule has 1 rings (SSSR count). The number of nitrogens with two attached hydrogens (primary N) is 1. The molecule has 0 bridgehead atoms. The molecule has 0 radical (unpaired) electrons. The van der Waals surface area contributed by atoms with Gasteiger partial charge in [0.2, 0.25) is 11.8 Å². The molecule has 3 N–H and O–H groups in total. The molecule has 1 aromatic carbocycles. The van der Waals surface area contributed by atoms with E-state index in [0.29, 0.717) is 6.54 Å². The average Bonchev–Trinajstić information content (AvgIpc) is 2.42. The van der Waals surface area contributed by atoms with Crippen LogP contribution in [-0.4, -0.2) is 43.4 Å².